The van der Waals surface area contributed by atoms with Crippen molar-refractivity contribution in [2.45, 2.75) is 206 Å². The van der Waals surface area contributed by atoms with Gasteiger partial charge in [-0.25, -0.2) is 0 Å². The predicted octanol–water partition coefficient (Wildman–Crippen LogP) is 13.5. The molecule has 1 heteroatoms. The van der Waals surface area contributed by atoms with Crippen molar-refractivity contribution < 1.29 is 0 Å². The third-order valence-electron chi connectivity index (χ3n) is 8.81. The van der Waals surface area contributed by atoms with E-state index in [1.807, 2.05) is 0 Å². The lowest BCUT2D eigenvalue weighted by Crippen LogP contribution is -2.13. The van der Waals surface area contributed by atoms with Crippen LogP contribution < -0.4 is 0 Å². The van der Waals surface area contributed by atoms with Crippen LogP contribution in [-0.4, -0.2) is 25.5 Å². The highest BCUT2D eigenvalue weighted by Gasteiger charge is 2.09. The van der Waals surface area contributed by atoms with Gasteiger partial charge in [-0.05, 0) is 58.7 Å². The van der Waals surface area contributed by atoms with E-state index in [4.69, 9.17) is 0 Å². The zero-order valence-corrected chi connectivity index (χ0v) is 28.1. The van der Waals surface area contributed by atoms with Gasteiger partial charge in [0.05, 0.1) is 0 Å². The molecule has 1 unspecified atom stereocenters. The Morgan fingerprint density at radius 3 is 1.05 bits per heavy atom. The second kappa shape index (κ2) is 33.9. The van der Waals surface area contributed by atoms with Crippen molar-refractivity contribution in [1.82, 2.24) is 4.90 Å². The Morgan fingerprint density at radius 1 is 0.385 bits per heavy atom. The lowest BCUT2D eigenvalue weighted by Gasteiger charge is -2.18. The van der Waals surface area contributed by atoms with Gasteiger partial charge >= 0.3 is 0 Å². The highest BCUT2D eigenvalue weighted by Crippen LogP contribution is 2.24. The molecule has 1 atom stereocenters. The molecule has 0 rings (SSSR count). The molecule has 0 aromatic rings. The van der Waals surface area contributed by atoms with E-state index in [1.54, 1.807) is 0 Å². The first-order valence-electron chi connectivity index (χ1n) is 18.5. The van der Waals surface area contributed by atoms with E-state index < -0.39 is 0 Å². The van der Waals surface area contributed by atoms with Crippen LogP contribution in [0.2, 0.25) is 0 Å². The summed E-state index contributed by atoms with van der Waals surface area (Å²) in [7, 11) is 4.44. The summed E-state index contributed by atoms with van der Waals surface area (Å²) in [6.07, 6.45) is 48.2. The summed E-state index contributed by atoms with van der Waals surface area (Å²) in [5.41, 5.74) is 0. The van der Waals surface area contributed by atoms with Crippen molar-refractivity contribution in [2.24, 2.45) is 5.92 Å². The van der Waals surface area contributed by atoms with Crippen molar-refractivity contribution in [2.75, 3.05) is 20.6 Å². The van der Waals surface area contributed by atoms with Crippen LogP contribution in [0.5, 0.6) is 0 Å². The third kappa shape index (κ3) is 33.8. The Labute approximate surface area is 249 Å². The molecular formula is C38H77N. The van der Waals surface area contributed by atoms with Gasteiger partial charge in [0.2, 0.25) is 0 Å². The fraction of sp³-hybridized carbons (Fsp3) is 0.947. The Bertz CT molecular complexity index is 454. The maximum absolute atomic E-state index is 2.46. The molecule has 0 amide bonds. The largest absolute Gasteiger partial charge is 0.309 e. The molecule has 0 saturated carbocycles. The van der Waals surface area contributed by atoms with Gasteiger partial charge in [-0.15, -0.1) is 0 Å². The molecule has 0 saturated heterocycles. The fourth-order valence-corrected chi connectivity index (χ4v) is 6.07. The first kappa shape index (κ1) is 38.7. The molecule has 39 heavy (non-hydrogen) atoms. The molecule has 0 aromatic heterocycles. The zero-order valence-electron chi connectivity index (χ0n) is 28.1. The molecule has 0 spiro atoms. The highest BCUT2D eigenvalue weighted by atomic mass is 15.0. The van der Waals surface area contributed by atoms with Crippen molar-refractivity contribution in [3.8, 4) is 0 Å². The van der Waals surface area contributed by atoms with Crippen molar-refractivity contribution in [3.63, 3.8) is 0 Å². The van der Waals surface area contributed by atoms with Crippen LogP contribution in [0.1, 0.15) is 206 Å². The van der Waals surface area contributed by atoms with Gasteiger partial charge in [-0.3, -0.25) is 0 Å². The van der Waals surface area contributed by atoms with Crippen molar-refractivity contribution >= 4 is 0 Å². The van der Waals surface area contributed by atoms with E-state index >= 15 is 0 Å². The zero-order chi connectivity index (χ0) is 28.5. The molecular weight excluding hydrogens is 470 g/mol. The van der Waals surface area contributed by atoms with Crippen LogP contribution in [0.4, 0.5) is 0 Å². The molecule has 0 aliphatic rings. The number of nitrogens with zero attached hydrogens (tertiary/aromatic N) is 1. The molecule has 234 valence electrons. The normalized spacial score (nSPS) is 12.7. The lowest BCUT2D eigenvalue weighted by atomic mass is 9.90. The molecule has 0 aromatic carbocycles. The smallest absolute Gasteiger partial charge is 0.00248 e. The lowest BCUT2D eigenvalue weighted by molar-refractivity contribution is 0.344. The average molecular weight is 548 g/mol. The third-order valence-corrected chi connectivity index (χ3v) is 8.81. The second-order valence-corrected chi connectivity index (χ2v) is 13.2. The number of hydrogen-bond acceptors (Lipinski definition) is 1. The van der Waals surface area contributed by atoms with E-state index in [9.17, 15) is 0 Å². The first-order valence-corrected chi connectivity index (χ1v) is 18.5. The van der Waals surface area contributed by atoms with E-state index in [0.29, 0.717) is 0 Å². The summed E-state index contributed by atoms with van der Waals surface area (Å²) in [6, 6.07) is 0. The SMILES string of the molecule is CCCCCCCC/C=C\CCCCCCCCC(CCCCCCCCCCCCC)CCCCN(C)C. The van der Waals surface area contributed by atoms with Gasteiger partial charge in [-0.2, -0.15) is 0 Å². The monoisotopic (exact) mass is 548 g/mol. The minimum Gasteiger partial charge on any atom is -0.309 e. The maximum atomic E-state index is 2.46. The summed E-state index contributed by atoms with van der Waals surface area (Å²) in [5.74, 6) is 1.00. The van der Waals surface area contributed by atoms with Gasteiger partial charge in [0.1, 0.15) is 0 Å². The average Bonchev–Trinajstić information content (AvgIpc) is 2.93. The van der Waals surface area contributed by atoms with Crippen molar-refractivity contribution in [1.29, 1.82) is 0 Å². The van der Waals surface area contributed by atoms with Gasteiger partial charge in [0.25, 0.3) is 0 Å². The Balaban J connectivity index is 3.74. The molecule has 1 nitrogen and oxygen atoms in total. The molecule has 0 bridgehead atoms. The quantitative estimate of drug-likeness (QED) is 0.0583. The van der Waals surface area contributed by atoms with Crippen LogP contribution in [0.3, 0.4) is 0 Å². The van der Waals surface area contributed by atoms with E-state index in [1.165, 1.54) is 199 Å². The molecule has 0 aliphatic heterocycles. The minimum atomic E-state index is 1.00. The van der Waals surface area contributed by atoms with Gasteiger partial charge in [-0.1, -0.05) is 187 Å². The van der Waals surface area contributed by atoms with Crippen LogP contribution in [0.15, 0.2) is 12.2 Å². The summed E-state index contributed by atoms with van der Waals surface area (Å²) < 4.78 is 0. The fourth-order valence-electron chi connectivity index (χ4n) is 6.07. The molecule has 0 radical (unpaired) electrons. The summed E-state index contributed by atoms with van der Waals surface area (Å²) >= 11 is 0. The topological polar surface area (TPSA) is 3.24 Å². The predicted molar refractivity (Wildman–Crippen MR) is 181 cm³/mol. The van der Waals surface area contributed by atoms with Gasteiger partial charge in [0.15, 0.2) is 0 Å². The van der Waals surface area contributed by atoms with Gasteiger partial charge < -0.3 is 4.90 Å². The summed E-state index contributed by atoms with van der Waals surface area (Å²) in [4.78, 5) is 2.35. The maximum Gasteiger partial charge on any atom is -0.00248 e. The summed E-state index contributed by atoms with van der Waals surface area (Å²) in [5, 5.41) is 0. The second-order valence-electron chi connectivity index (χ2n) is 13.2. The van der Waals surface area contributed by atoms with Crippen molar-refractivity contribution in [3.05, 3.63) is 12.2 Å². The first-order chi connectivity index (χ1) is 19.2. The molecule has 0 fully saturated rings. The minimum absolute atomic E-state index is 1.00. The number of rotatable bonds is 33. The Kier molecular flexibility index (Phi) is 33.6. The molecule has 0 heterocycles. The Hall–Kier alpha value is -0.300. The highest BCUT2D eigenvalue weighted by molar-refractivity contribution is 4.81. The van der Waals surface area contributed by atoms with Crippen LogP contribution >= 0.6 is 0 Å². The van der Waals surface area contributed by atoms with E-state index in [0.717, 1.165) is 5.92 Å². The summed E-state index contributed by atoms with van der Waals surface area (Å²) in [6.45, 7) is 5.88. The van der Waals surface area contributed by atoms with E-state index in [2.05, 4.69) is 45.0 Å². The molecule has 0 aliphatic carbocycles. The molecule has 0 N–H and O–H groups in total. The number of hydrogen-bond donors (Lipinski definition) is 0. The van der Waals surface area contributed by atoms with Gasteiger partial charge in [0, 0.05) is 0 Å². The van der Waals surface area contributed by atoms with Crippen LogP contribution in [-0.2, 0) is 0 Å². The van der Waals surface area contributed by atoms with E-state index in [-0.39, 0.29) is 0 Å². The van der Waals surface area contributed by atoms with Crippen LogP contribution in [0.25, 0.3) is 0 Å². The number of allylic oxidation sites excluding steroid dienone is 2. The number of unbranched alkanes of at least 4 members (excludes halogenated alkanes) is 23. The standard InChI is InChI=1S/C38H77N/c1-5-7-9-11-13-15-17-18-19-20-21-23-25-27-29-31-35-38(36-32-33-37-39(3)4)34-30-28-26-24-22-16-14-12-10-8-6-2/h18-19,38H,5-17,20-37H2,1-4H3/b19-18-. The Morgan fingerprint density at radius 2 is 0.692 bits per heavy atom. The van der Waals surface area contributed by atoms with Crippen LogP contribution in [0, 0.1) is 5.92 Å².